The molecule has 2 aromatic rings. The molecule has 31 heavy (non-hydrogen) atoms. The molecule has 0 saturated carbocycles. The van der Waals surface area contributed by atoms with Gasteiger partial charge in [0.15, 0.2) is 5.78 Å². The fourth-order valence-corrected chi connectivity index (χ4v) is 4.68. The number of nitrogens with zero attached hydrogens (tertiary/aromatic N) is 2. The quantitative estimate of drug-likeness (QED) is 0.525. The largest absolute Gasteiger partial charge is 0.496 e. The van der Waals surface area contributed by atoms with E-state index < -0.39 is 10.8 Å². The van der Waals surface area contributed by atoms with Crippen molar-refractivity contribution in [2.75, 3.05) is 12.0 Å². The second-order valence-corrected chi connectivity index (χ2v) is 8.81. The normalized spacial score (nSPS) is 20.5. The molecule has 7 nitrogen and oxygen atoms in total. The van der Waals surface area contributed by atoms with Gasteiger partial charge in [0.05, 0.1) is 17.7 Å². The number of ketones is 1. The summed E-state index contributed by atoms with van der Waals surface area (Å²) in [7, 11) is 1.57. The molecule has 0 N–H and O–H groups in total. The number of para-hydroxylation sites is 1. The van der Waals surface area contributed by atoms with Crippen molar-refractivity contribution in [3.05, 3.63) is 75.5 Å². The van der Waals surface area contributed by atoms with Crippen LogP contribution in [0.4, 0.5) is 11.4 Å². The SMILES string of the molecule is COc1ccccc1C1CC(=O)N(c2cccc([N+](=O)[O-])c2)C2=C1C(=O)CC(C)(C)C2. The maximum Gasteiger partial charge on any atom is 0.271 e. The van der Waals surface area contributed by atoms with Crippen molar-refractivity contribution in [1.82, 2.24) is 0 Å². The van der Waals surface area contributed by atoms with E-state index in [0.29, 0.717) is 35.5 Å². The summed E-state index contributed by atoms with van der Waals surface area (Å²) in [6, 6.07) is 13.4. The highest BCUT2D eigenvalue weighted by Crippen LogP contribution is 2.49. The van der Waals surface area contributed by atoms with Crippen LogP contribution in [0.15, 0.2) is 59.8 Å². The molecule has 1 amide bonds. The van der Waals surface area contributed by atoms with E-state index in [9.17, 15) is 19.7 Å². The van der Waals surface area contributed by atoms with Crippen LogP contribution >= 0.6 is 0 Å². The summed E-state index contributed by atoms with van der Waals surface area (Å²) < 4.78 is 5.51. The number of amides is 1. The summed E-state index contributed by atoms with van der Waals surface area (Å²) in [6.07, 6.45) is 0.997. The third kappa shape index (κ3) is 3.71. The molecule has 1 aliphatic heterocycles. The van der Waals surface area contributed by atoms with Crippen LogP contribution in [0.3, 0.4) is 0 Å². The van der Waals surface area contributed by atoms with E-state index >= 15 is 0 Å². The molecule has 1 heterocycles. The number of nitro groups is 1. The first-order chi connectivity index (χ1) is 14.7. The van der Waals surface area contributed by atoms with Gasteiger partial charge >= 0.3 is 0 Å². The van der Waals surface area contributed by atoms with Crippen molar-refractivity contribution < 1.29 is 19.2 Å². The van der Waals surface area contributed by atoms with Crippen molar-refractivity contribution in [3.63, 3.8) is 0 Å². The van der Waals surface area contributed by atoms with Gasteiger partial charge in [-0.3, -0.25) is 24.6 Å². The lowest BCUT2D eigenvalue weighted by Crippen LogP contribution is -2.43. The van der Waals surface area contributed by atoms with Gasteiger partial charge < -0.3 is 4.74 Å². The molecule has 7 heteroatoms. The first-order valence-electron chi connectivity index (χ1n) is 10.2. The first-order valence-corrected chi connectivity index (χ1v) is 10.2. The molecule has 0 radical (unpaired) electrons. The third-order valence-electron chi connectivity index (χ3n) is 5.96. The Kier molecular flexibility index (Phi) is 5.13. The van der Waals surface area contributed by atoms with Gasteiger partial charge in [-0.15, -0.1) is 0 Å². The molecule has 2 aromatic carbocycles. The maximum absolute atomic E-state index is 13.4. The van der Waals surface area contributed by atoms with Gasteiger partial charge in [0, 0.05) is 47.7 Å². The van der Waals surface area contributed by atoms with E-state index in [0.717, 1.165) is 5.56 Å². The minimum atomic E-state index is -0.485. The second-order valence-electron chi connectivity index (χ2n) is 8.81. The average molecular weight is 420 g/mol. The smallest absolute Gasteiger partial charge is 0.271 e. The number of hydrogen-bond acceptors (Lipinski definition) is 5. The van der Waals surface area contributed by atoms with E-state index in [2.05, 4.69) is 0 Å². The summed E-state index contributed by atoms with van der Waals surface area (Å²) >= 11 is 0. The Morgan fingerprint density at radius 2 is 1.84 bits per heavy atom. The summed E-state index contributed by atoms with van der Waals surface area (Å²) in [6.45, 7) is 4.00. The number of carbonyl (C=O) groups excluding carboxylic acids is 2. The molecule has 0 spiro atoms. The zero-order valence-corrected chi connectivity index (χ0v) is 17.8. The van der Waals surface area contributed by atoms with Crippen molar-refractivity contribution in [1.29, 1.82) is 0 Å². The van der Waals surface area contributed by atoms with Crippen LogP contribution in [-0.4, -0.2) is 23.7 Å². The van der Waals surface area contributed by atoms with Crippen LogP contribution in [0.25, 0.3) is 0 Å². The summed E-state index contributed by atoms with van der Waals surface area (Å²) in [5.41, 5.74) is 2.04. The lowest BCUT2D eigenvalue weighted by molar-refractivity contribution is -0.384. The van der Waals surface area contributed by atoms with Gasteiger partial charge in [-0.25, -0.2) is 0 Å². The van der Waals surface area contributed by atoms with Crippen molar-refractivity contribution in [2.24, 2.45) is 5.41 Å². The number of carbonyl (C=O) groups is 2. The standard InChI is InChI=1S/C24H24N2O5/c1-24(2)13-19-23(20(27)14-24)18(17-9-4-5-10-21(17)31-3)12-22(28)25(19)15-7-6-8-16(11-15)26(29)30/h4-11,18H,12-14H2,1-3H3. The molecular formula is C24H24N2O5. The van der Waals surface area contributed by atoms with Crippen LogP contribution in [0, 0.1) is 15.5 Å². The topological polar surface area (TPSA) is 89.8 Å². The summed E-state index contributed by atoms with van der Waals surface area (Å²) in [5.74, 6) is 0.0384. The number of methoxy groups -OCH3 is 1. The Morgan fingerprint density at radius 3 is 2.55 bits per heavy atom. The van der Waals surface area contributed by atoms with E-state index in [1.54, 1.807) is 19.2 Å². The molecule has 1 aliphatic carbocycles. The number of anilines is 1. The van der Waals surface area contributed by atoms with E-state index in [1.165, 1.54) is 17.0 Å². The Morgan fingerprint density at radius 1 is 1.10 bits per heavy atom. The van der Waals surface area contributed by atoms with Gasteiger partial charge in [0.1, 0.15) is 5.75 Å². The molecule has 160 valence electrons. The predicted octanol–water partition coefficient (Wildman–Crippen LogP) is 4.77. The zero-order valence-electron chi connectivity index (χ0n) is 17.8. The third-order valence-corrected chi connectivity index (χ3v) is 5.96. The number of hydrogen-bond donors (Lipinski definition) is 0. The first kappa shape index (κ1) is 20.8. The summed E-state index contributed by atoms with van der Waals surface area (Å²) in [5, 5.41) is 11.3. The van der Waals surface area contributed by atoms with E-state index in [4.69, 9.17) is 4.74 Å². The van der Waals surface area contributed by atoms with Crippen LogP contribution in [0.1, 0.15) is 44.6 Å². The molecule has 2 aliphatic rings. The maximum atomic E-state index is 13.4. The van der Waals surface area contributed by atoms with Gasteiger partial charge in [-0.2, -0.15) is 0 Å². The van der Waals surface area contributed by atoms with Crippen LogP contribution < -0.4 is 9.64 Å². The lowest BCUT2D eigenvalue weighted by Gasteiger charge is -2.43. The van der Waals surface area contributed by atoms with Crippen LogP contribution in [0.5, 0.6) is 5.75 Å². The highest BCUT2D eigenvalue weighted by molar-refractivity contribution is 6.08. The molecular weight excluding hydrogens is 396 g/mol. The molecule has 0 fully saturated rings. The minimum Gasteiger partial charge on any atom is -0.496 e. The van der Waals surface area contributed by atoms with Crippen molar-refractivity contribution in [2.45, 2.75) is 39.0 Å². The van der Waals surface area contributed by atoms with E-state index in [1.807, 2.05) is 38.1 Å². The zero-order chi connectivity index (χ0) is 22.3. The van der Waals surface area contributed by atoms with Crippen molar-refractivity contribution in [3.8, 4) is 5.75 Å². The molecule has 1 atom stereocenters. The average Bonchev–Trinajstić information content (AvgIpc) is 2.72. The molecule has 4 rings (SSSR count). The Bertz CT molecular complexity index is 1120. The van der Waals surface area contributed by atoms with Crippen molar-refractivity contribution >= 4 is 23.1 Å². The number of rotatable bonds is 4. The Hall–Kier alpha value is -3.48. The lowest BCUT2D eigenvalue weighted by atomic mass is 9.69. The molecule has 0 bridgehead atoms. The highest BCUT2D eigenvalue weighted by atomic mass is 16.6. The number of allylic oxidation sites excluding steroid dienone is 2. The minimum absolute atomic E-state index is 0.00471. The number of nitro benzene ring substituents is 1. The Balaban J connectivity index is 1.92. The fraction of sp³-hybridized carbons (Fsp3) is 0.333. The number of non-ortho nitro benzene ring substituents is 1. The predicted molar refractivity (Wildman–Crippen MR) is 116 cm³/mol. The second kappa shape index (κ2) is 7.65. The van der Waals surface area contributed by atoms with Gasteiger partial charge in [-0.05, 0) is 24.0 Å². The van der Waals surface area contributed by atoms with Gasteiger partial charge in [0.25, 0.3) is 5.69 Å². The molecule has 1 unspecified atom stereocenters. The highest BCUT2D eigenvalue weighted by Gasteiger charge is 2.45. The van der Waals surface area contributed by atoms with Crippen LogP contribution in [0.2, 0.25) is 0 Å². The number of ether oxygens (including phenoxy) is 1. The summed E-state index contributed by atoms with van der Waals surface area (Å²) in [4.78, 5) is 39.0. The monoisotopic (exact) mass is 420 g/mol. The van der Waals surface area contributed by atoms with E-state index in [-0.39, 0.29) is 29.2 Å². The molecule has 0 aromatic heterocycles. The van der Waals surface area contributed by atoms with Crippen LogP contribution in [-0.2, 0) is 9.59 Å². The number of Topliss-reactive ketones (excluding diaryl/α,β-unsaturated/α-hetero) is 1. The Labute approximate surface area is 180 Å². The number of benzene rings is 2. The van der Waals surface area contributed by atoms with Gasteiger partial charge in [0.2, 0.25) is 5.91 Å². The molecule has 0 saturated heterocycles. The van der Waals surface area contributed by atoms with Gasteiger partial charge in [-0.1, -0.05) is 38.1 Å². The fourth-order valence-electron chi connectivity index (χ4n) is 4.68.